The summed E-state index contributed by atoms with van der Waals surface area (Å²) >= 11 is 1.21. The Morgan fingerprint density at radius 3 is 2.52 bits per heavy atom. The molecule has 0 unspecified atom stereocenters. The van der Waals surface area contributed by atoms with E-state index in [4.69, 9.17) is 5.73 Å². The number of fused-ring (bicyclic) bond motifs is 1. The normalized spacial score (nSPS) is 12.9. The van der Waals surface area contributed by atoms with Gasteiger partial charge in [-0.2, -0.15) is 8.42 Å². The maximum atomic E-state index is 12.7. The zero-order valence-corrected chi connectivity index (χ0v) is 13.4. The van der Waals surface area contributed by atoms with E-state index in [1.807, 2.05) is 32.0 Å². The van der Waals surface area contributed by atoms with Crippen LogP contribution in [-0.2, 0) is 15.6 Å². The van der Waals surface area contributed by atoms with E-state index in [9.17, 15) is 8.42 Å². The molecule has 3 aromatic rings. The van der Waals surface area contributed by atoms with Crippen LogP contribution in [0.1, 0.15) is 19.4 Å². The fourth-order valence-electron chi connectivity index (χ4n) is 2.42. The van der Waals surface area contributed by atoms with Gasteiger partial charge in [-0.15, -0.1) is 11.3 Å². The smallest absolute Gasteiger partial charge is 0.277 e. The molecule has 0 aliphatic carbocycles. The largest absolute Gasteiger partial charge is 0.322 e. The van der Waals surface area contributed by atoms with Gasteiger partial charge >= 0.3 is 0 Å². The van der Waals surface area contributed by atoms with Crippen LogP contribution in [0.5, 0.6) is 0 Å². The van der Waals surface area contributed by atoms with E-state index in [0.29, 0.717) is 9.73 Å². The molecule has 0 bridgehead atoms. The summed E-state index contributed by atoms with van der Waals surface area (Å²) in [6.45, 7) is 3.82. The molecule has 3 rings (SSSR count). The van der Waals surface area contributed by atoms with E-state index in [1.54, 1.807) is 29.8 Å². The molecule has 6 heteroatoms. The predicted molar refractivity (Wildman–Crippen MR) is 86.1 cm³/mol. The first kappa shape index (κ1) is 14.3. The highest BCUT2D eigenvalue weighted by atomic mass is 32.2. The first-order valence-electron chi connectivity index (χ1n) is 6.50. The lowest BCUT2D eigenvalue weighted by molar-refractivity contribution is 0.559. The molecule has 110 valence electrons. The van der Waals surface area contributed by atoms with Crippen LogP contribution in [0.2, 0.25) is 0 Å². The van der Waals surface area contributed by atoms with E-state index in [0.717, 1.165) is 10.9 Å². The molecule has 2 heterocycles. The minimum atomic E-state index is -3.55. The Labute approximate surface area is 127 Å². The van der Waals surface area contributed by atoms with Crippen molar-refractivity contribution in [3.05, 3.63) is 53.5 Å². The lowest BCUT2D eigenvalue weighted by Gasteiger charge is -2.20. The van der Waals surface area contributed by atoms with Gasteiger partial charge < -0.3 is 5.73 Å². The molecule has 0 atom stereocenters. The van der Waals surface area contributed by atoms with Gasteiger partial charge in [0.2, 0.25) is 0 Å². The Morgan fingerprint density at radius 1 is 1.14 bits per heavy atom. The molecular weight excluding hydrogens is 304 g/mol. The molecular formula is C15H16N2O2S2. The van der Waals surface area contributed by atoms with Crippen LogP contribution in [-0.4, -0.2) is 12.4 Å². The highest BCUT2D eigenvalue weighted by Gasteiger charge is 2.23. The molecule has 1 aromatic carbocycles. The quantitative estimate of drug-likeness (QED) is 0.806. The summed E-state index contributed by atoms with van der Waals surface area (Å²) in [5.41, 5.74) is 7.23. The molecule has 0 spiro atoms. The van der Waals surface area contributed by atoms with Crippen LogP contribution in [0, 0.1) is 0 Å². The van der Waals surface area contributed by atoms with Crippen LogP contribution >= 0.6 is 11.3 Å². The van der Waals surface area contributed by atoms with Gasteiger partial charge in [0.15, 0.2) is 0 Å². The summed E-state index contributed by atoms with van der Waals surface area (Å²) in [6, 6.07) is 10.7. The summed E-state index contributed by atoms with van der Waals surface area (Å²) < 4.78 is 27.0. The number of nitrogens with two attached hydrogens (primary N) is 1. The maximum absolute atomic E-state index is 12.7. The SMILES string of the molecule is CC(C)(N)c1cccc2c1ccn2S(=O)(=O)c1cccs1. The first-order chi connectivity index (χ1) is 9.82. The third kappa shape index (κ3) is 2.29. The van der Waals surface area contributed by atoms with Gasteiger partial charge in [0.25, 0.3) is 10.0 Å². The zero-order valence-electron chi connectivity index (χ0n) is 11.8. The van der Waals surface area contributed by atoms with Crippen LogP contribution < -0.4 is 5.73 Å². The molecule has 0 saturated heterocycles. The van der Waals surface area contributed by atoms with Gasteiger partial charge in [-0.1, -0.05) is 18.2 Å². The summed E-state index contributed by atoms with van der Waals surface area (Å²) in [5, 5.41) is 2.62. The molecule has 0 saturated carbocycles. The van der Waals surface area contributed by atoms with Crippen molar-refractivity contribution < 1.29 is 8.42 Å². The van der Waals surface area contributed by atoms with E-state index in [2.05, 4.69) is 0 Å². The molecule has 21 heavy (non-hydrogen) atoms. The third-order valence-corrected chi connectivity index (χ3v) is 6.46. The van der Waals surface area contributed by atoms with Gasteiger partial charge in [0.05, 0.1) is 5.52 Å². The van der Waals surface area contributed by atoms with Crippen molar-refractivity contribution >= 4 is 32.3 Å². The number of aromatic nitrogens is 1. The van der Waals surface area contributed by atoms with Crippen LogP contribution in [0.3, 0.4) is 0 Å². The average molecular weight is 320 g/mol. The number of hydrogen-bond donors (Lipinski definition) is 1. The number of rotatable bonds is 3. The van der Waals surface area contributed by atoms with Gasteiger partial charge in [-0.3, -0.25) is 0 Å². The summed E-state index contributed by atoms with van der Waals surface area (Å²) in [4.78, 5) is 0. The fourth-order valence-corrected chi connectivity index (χ4v) is 4.85. The monoisotopic (exact) mass is 320 g/mol. The minimum absolute atomic E-state index is 0.331. The second-order valence-electron chi connectivity index (χ2n) is 5.51. The summed E-state index contributed by atoms with van der Waals surface area (Å²) in [6.07, 6.45) is 1.59. The van der Waals surface area contributed by atoms with Crippen LogP contribution in [0.15, 0.2) is 52.2 Å². The number of thiophene rings is 1. The van der Waals surface area contributed by atoms with Crippen molar-refractivity contribution in [2.75, 3.05) is 0 Å². The van der Waals surface area contributed by atoms with E-state index < -0.39 is 15.6 Å². The predicted octanol–water partition coefficient (Wildman–Crippen LogP) is 3.13. The molecule has 0 aliphatic heterocycles. The van der Waals surface area contributed by atoms with Gasteiger partial charge in [-0.05, 0) is 43.0 Å². The lowest BCUT2D eigenvalue weighted by Crippen LogP contribution is -2.28. The average Bonchev–Trinajstić information content (AvgIpc) is 3.06. The van der Waals surface area contributed by atoms with Crippen molar-refractivity contribution in [3.63, 3.8) is 0 Å². The fraction of sp³-hybridized carbons (Fsp3) is 0.200. The lowest BCUT2D eigenvalue weighted by atomic mass is 9.93. The number of hydrogen-bond acceptors (Lipinski definition) is 4. The molecule has 0 aliphatic rings. The third-order valence-electron chi connectivity index (χ3n) is 3.40. The van der Waals surface area contributed by atoms with Gasteiger partial charge in [-0.25, -0.2) is 3.97 Å². The highest BCUT2D eigenvalue weighted by molar-refractivity contribution is 7.92. The van der Waals surface area contributed by atoms with Crippen LogP contribution in [0.25, 0.3) is 10.9 Å². The van der Waals surface area contributed by atoms with Crippen molar-refractivity contribution in [3.8, 4) is 0 Å². The van der Waals surface area contributed by atoms with E-state index >= 15 is 0 Å². The standard InChI is InChI=1S/C15H16N2O2S2/c1-15(2,16)12-5-3-6-13-11(12)8-9-17(13)21(18,19)14-7-4-10-20-14/h3-10H,16H2,1-2H3. The van der Waals surface area contributed by atoms with Gasteiger partial charge in [0.1, 0.15) is 4.21 Å². The number of benzene rings is 1. The summed E-state index contributed by atoms with van der Waals surface area (Å²) in [5.74, 6) is 0. The second kappa shape index (κ2) is 4.69. The molecule has 0 fully saturated rings. The molecule has 2 N–H and O–H groups in total. The Hall–Kier alpha value is -1.63. The van der Waals surface area contributed by atoms with Crippen molar-refractivity contribution in [1.29, 1.82) is 0 Å². The highest BCUT2D eigenvalue weighted by Crippen LogP contribution is 2.30. The van der Waals surface area contributed by atoms with Crippen molar-refractivity contribution in [1.82, 2.24) is 3.97 Å². The Morgan fingerprint density at radius 2 is 1.90 bits per heavy atom. The minimum Gasteiger partial charge on any atom is -0.322 e. The summed E-state index contributed by atoms with van der Waals surface area (Å²) in [7, 11) is -3.55. The maximum Gasteiger partial charge on any atom is 0.277 e. The number of nitrogens with zero attached hydrogens (tertiary/aromatic N) is 1. The molecule has 0 amide bonds. The Kier molecular flexibility index (Phi) is 3.20. The molecule has 0 radical (unpaired) electrons. The van der Waals surface area contributed by atoms with Crippen molar-refractivity contribution in [2.45, 2.75) is 23.6 Å². The Bertz CT molecular complexity index is 886. The van der Waals surface area contributed by atoms with Crippen LogP contribution in [0.4, 0.5) is 0 Å². The second-order valence-corrected chi connectivity index (χ2v) is 8.50. The van der Waals surface area contributed by atoms with E-state index in [-0.39, 0.29) is 0 Å². The Balaban J connectivity index is 2.28. The topological polar surface area (TPSA) is 65.1 Å². The first-order valence-corrected chi connectivity index (χ1v) is 8.82. The van der Waals surface area contributed by atoms with Gasteiger partial charge in [0, 0.05) is 17.1 Å². The molecule has 2 aromatic heterocycles. The van der Waals surface area contributed by atoms with E-state index in [1.165, 1.54) is 15.3 Å². The zero-order chi connectivity index (χ0) is 15.3. The molecule has 4 nitrogen and oxygen atoms in total. The van der Waals surface area contributed by atoms with Crippen molar-refractivity contribution in [2.24, 2.45) is 5.73 Å².